The first-order valence-corrected chi connectivity index (χ1v) is 4.12. The molecule has 3 heteroatoms. The van der Waals surface area contributed by atoms with E-state index in [9.17, 15) is 13.6 Å². The van der Waals surface area contributed by atoms with Crippen molar-refractivity contribution >= 4 is 6.29 Å². The quantitative estimate of drug-likeness (QED) is 0.641. The van der Waals surface area contributed by atoms with Gasteiger partial charge in [0.1, 0.15) is 17.9 Å². The van der Waals surface area contributed by atoms with Gasteiger partial charge in [-0.05, 0) is 24.0 Å². The summed E-state index contributed by atoms with van der Waals surface area (Å²) in [7, 11) is 0. The third kappa shape index (κ3) is 1.46. The van der Waals surface area contributed by atoms with Gasteiger partial charge in [-0.2, -0.15) is 0 Å². The number of rotatable bonds is 2. The first kappa shape index (κ1) is 8.35. The molecule has 0 aromatic heterocycles. The topological polar surface area (TPSA) is 17.1 Å². The van der Waals surface area contributed by atoms with Crippen molar-refractivity contribution in [2.75, 3.05) is 0 Å². The van der Waals surface area contributed by atoms with Crippen LogP contribution in [0.4, 0.5) is 8.78 Å². The predicted octanol–water partition coefficient (Wildman–Crippen LogP) is 2.27. The minimum atomic E-state index is -0.579. The minimum absolute atomic E-state index is 0.0295. The smallest absolute Gasteiger partial charge is 0.129 e. The van der Waals surface area contributed by atoms with Crippen LogP contribution < -0.4 is 0 Å². The number of carbonyl (C=O) groups excluding carboxylic acids is 1. The van der Waals surface area contributed by atoms with E-state index in [-0.39, 0.29) is 11.8 Å². The van der Waals surface area contributed by atoms with Crippen molar-refractivity contribution in [1.29, 1.82) is 0 Å². The monoisotopic (exact) mass is 182 g/mol. The van der Waals surface area contributed by atoms with Crippen molar-refractivity contribution in [3.8, 4) is 0 Å². The summed E-state index contributed by atoms with van der Waals surface area (Å²) in [4.78, 5) is 10.3. The van der Waals surface area contributed by atoms with Gasteiger partial charge in [0.2, 0.25) is 0 Å². The van der Waals surface area contributed by atoms with Crippen molar-refractivity contribution in [1.82, 2.24) is 0 Å². The number of halogens is 2. The van der Waals surface area contributed by atoms with Crippen LogP contribution in [0.3, 0.4) is 0 Å². The Morgan fingerprint density at radius 2 is 2.15 bits per heavy atom. The lowest BCUT2D eigenvalue weighted by Gasteiger charge is -1.99. The van der Waals surface area contributed by atoms with Gasteiger partial charge >= 0.3 is 0 Å². The zero-order chi connectivity index (χ0) is 9.42. The lowest BCUT2D eigenvalue weighted by Crippen LogP contribution is -1.91. The van der Waals surface area contributed by atoms with Gasteiger partial charge in [-0.15, -0.1) is 0 Å². The van der Waals surface area contributed by atoms with Crippen LogP contribution in [0.25, 0.3) is 0 Å². The largest absolute Gasteiger partial charge is 0.303 e. The maximum Gasteiger partial charge on any atom is 0.129 e. The number of benzene rings is 1. The molecule has 0 heterocycles. The average Bonchev–Trinajstić information content (AvgIpc) is 2.83. The molecule has 1 aliphatic rings. The van der Waals surface area contributed by atoms with E-state index in [0.717, 1.165) is 12.4 Å². The lowest BCUT2D eigenvalue weighted by atomic mass is 10.1. The highest BCUT2D eigenvalue weighted by molar-refractivity contribution is 5.61. The zero-order valence-electron chi connectivity index (χ0n) is 6.84. The SMILES string of the molecule is O=CC1CC1c1ccc(F)cc1F. The molecular formula is C10H8F2O. The average molecular weight is 182 g/mol. The van der Waals surface area contributed by atoms with E-state index in [0.29, 0.717) is 12.0 Å². The summed E-state index contributed by atoms with van der Waals surface area (Å²) in [5.74, 6) is -1.23. The number of hydrogen-bond acceptors (Lipinski definition) is 1. The molecule has 0 aliphatic heterocycles. The fraction of sp³-hybridized carbons (Fsp3) is 0.300. The number of aldehydes is 1. The molecule has 0 radical (unpaired) electrons. The van der Waals surface area contributed by atoms with Crippen molar-refractivity contribution in [2.45, 2.75) is 12.3 Å². The second kappa shape index (κ2) is 2.91. The van der Waals surface area contributed by atoms with E-state index >= 15 is 0 Å². The summed E-state index contributed by atoms with van der Waals surface area (Å²) >= 11 is 0. The van der Waals surface area contributed by atoms with Crippen molar-refractivity contribution in [2.24, 2.45) is 5.92 Å². The van der Waals surface area contributed by atoms with Crippen LogP contribution in [0.2, 0.25) is 0 Å². The molecule has 2 rings (SSSR count). The summed E-state index contributed by atoms with van der Waals surface area (Å²) in [6, 6.07) is 3.49. The highest BCUT2D eigenvalue weighted by atomic mass is 19.1. The van der Waals surface area contributed by atoms with E-state index in [2.05, 4.69) is 0 Å². The maximum atomic E-state index is 13.1. The van der Waals surface area contributed by atoms with Gasteiger partial charge in [0.05, 0.1) is 0 Å². The molecule has 2 unspecified atom stereocenters. The van der Waals surface area contributed by atoms with Gasteiger partial charge < -0.3 is 4.79 Å². The van der Waals surface area contributed by atoms with Gasteiger partial charge in [0, 0.05) is 12.0 Å². The molecule has 1 aromatic carbocycles. The van der Waals surface area contributed by atoms with E-state index in [1.807, 2.05) is 0 Å². The Bertz CT molecular complexity index is 349. The normalized spacial score (nSPS) is 25.7. The fourth-order valence-corrected chi connectivity index (χ4v) is 1.52. The van der Waals surface area contributed by atoms with Crippen LogP contribution in [-0.2, 0) is 4.79 Å². The highest BCUT2D eigenvalue weighted by Gasteiger charge is 2.39. The van der Waals surface area contributed by atoms with Crippen molar-refractivity contribution < 1.29 is 13.6 Å². The first-order valence-electron chi connectivity index (χ1n) is 4.12. The molecule has 2 atom stereocenters. The van der Waals surface area contributed by atoms with Crippen LogP contribution in [0, 0.1) is 17.6 Å². The standard InChI is InChI=1S/C10H8F2O/c11-7-1-2-8(10(12)4-7)9-3-6(9)5-13/h1-2,4-6,9H,3H2. The van der Waals surface area contributed by atoms with E-state index in [1.165, 1.54) is 12.1 Å². The fourth-order valence-electron chi connectivity index (χ4n) is 1.52. The van der Waals surface area contributed by atoms with Gasteiger partial charge in [-0.3, -0.25) is 0 Å². The zero-order valence-corrected chi connectivity index (χ0v) is 6.84. The Balaban J connectivity index is 2.27. The summed E-state index contributed by atoms with van der Waals surface area (Å²) < 4.78 is 25.6. The molecule has 1 saturated carbocycles. The second-order valence-corrected chi connectivity index (χ2v) is 3.31. The molecule has 0 saturated heterocycles. The van der Waals surface area contributed by atoms with E-state index < -0.39 is 11.6 Å². The molecule has 1 fully saturated rings. The van der Waals surface area contributed by atoms with Gasteiger partial charge in [-0.25, -0.2) is 8.78 Å². The van der Waals surface area contributed by atoms with Crippen molar-refractivity contribution in [3.63, 3.8) is 0 Å². The molecule has 0 spiro atoms. The van der Waals surface area contributed by atoms with Gasteiger partial charge in [0.15, 0.2) is 0 Å². The Morgan fingerprint density at radius 3 is 2.69 bits per heavy atom. The van der Waals surface area contributed by atoms with E-state index in [4.69, 9.17) is 0 Å². The van der Waals surface area contributed by atoms with Crippen molar-refractivity contribution in [3.05, 3.63) is 35.4 Å². The van der Waals surface area contributed by atoms with Crippen LogP contribution >= 0.6 is 0 Å². The number of carbonyl (C=O) groups is 1. The molecular weight excluding hydrogens is 174 g/mol. The summed E-state index contributed by atoms with van der Waals surface area (Å²) in [6.07, 6.45) is 1.51. The lowest BCUT2D eigenvalue weighted by molar-refractivity contribution is -0.108. The summed E-state index contributed by atoms with van der Waals surface area (Å²) in [5.41, 5.74) is 0.457. The summed E-state index contributed by atoms with van der Waals surface area (Å²) in [5, 5.41) is 0. The molecule has 0 N–H and O–H groups in total. The van der Waals surface area contributed by atoms with Gasteiger partial charge in [-0.1, -0.05) is 6.07 Å². The maximum absolute atomic E-state index is 13.1. The number of hydrogen-bond donors (Lipinski definition) is 0. The predicted molar refractivity (Wildman–Crippen MR) is 43.3 cm³/mol. The van der Waals surface area contributed by atoms with E-state index in [1.54, 1.807) is 0 Å². The highest BCUT2D eigenvalue weighted by Crippen LogP contribution is 2.46. The molecule has 1 aliphatic carbocycles. The molecule has 1 aromatic rings. The molecule has 0 amide bonds. The van der Waals surface area contributed by atoms with Crippen LogP contribution in [0.1, 0.15) is 17.9 Å². The third-order valence-corrected chi connectivity index (χ3v) is 2.38. The Labute approximate surface area is 74.4 Å². The second-order valence-electron chi connectivity index (χ2n) is 3.31. The van der Waals surface area contributed by atoms with Gasteiger partial charge in [0.25, 0.3) is 0 Å². The van der Waals surface area contributed by atoms with Crippen LogP contribution in [0.5, 0.6) is 0 Å². The Hall–Kier alpha value is -1.25. The Morgan fingerprint density at radius 1 is 1.38 bits per heavy atom. The molecule has 13 heavy (non-hydrogen) atoms. The minimum Gasteiger partial charge on any atom is -0.303 e. The molecule has 0 bridgehead atoms. The Kier molecular flexibility index (Phi) is 1.87. The molecule has 1 nitrogen and oxygen atoms in total. The summed E-state index contributed by atoms with van der Waals surface area (Å²) in [6.45, 7) is 0. The van der Waals surface area contributed by atoms with Crippen LogP contribution in [-0.4, -0.2) is 6.29 Å². The van der Waals surface area contributed by atoms with Crippen LogP contribution in [0.15, 0.2) is 18.2 Å². The first-order chi connectivity index (χ1) is 6.22. The molecule has 68 valence electrons. The third-order valence-electron chi connectivity index (χ3n) is 2.38.